The van der Waals surface area contributed by atoms with Crippen LogP contribution in [-0.2, 0) is 11.3 Å². The fourth-order valence-electron chi connectivity index (χ4n) is 2.88. The van der Waals surface area contributed by atoms with Gasteiger partial charge in [0, 0.05) is 18.8 Å². The van der Waals surface area contributed by atoms with E-state index in [1.807, 2.05) is 30.6 Å². The predicted molar refractivity (Wildman–Crippen MR) is 108 cm³/mol. The van der Waals surface area contributed by atoms with Crippen LogP contribution >= 0.6 is 11.8 Å². The van der Waals surface area contributed by atoms with Gasteiger partial charge in [0.1, 0.15) is 11.6 Å². The quantitative estimate of drug-likeness (QED) is 0.518. The van der Waals surface area contributed by atoms with Crippen molar-refractivity contribution >= 4 is 23.4 Å². The molecule has 150 valence electrons. The zero-order chi connectivity index (χ0) is 20.8. The van der Waals surface area contributed by atoms with Crippen LogP contribution in [0.4, 0.5) is 10.1 Å². The maximum atomic E-state index is 13.2. The molecule has 7 nitrogen and oxygen atoms in total. The molecule has 9 heteroatoms. The maximum Gasteiger partial charge on any atom is 0.237 e. The lowest BCUT2D eigenvalue weighted by Crippen LogP contribution is -2.33. The van der Waals surface area contributed by atoms with Crippen molar-refractivity contribution in [2.45, 2.75) is 32.0 Å². The highest BCUT2D eigenvalue weighted by Gasteiger charge is 2.20. The third-order valence-corrected chi connectivity index (χ3v) is 5.30. The fourth-order valence-corrected chi connectivity index (χ4v) is 3.76. The molecule has 2 heterocycles. The van der Waals surface area contributed by atoms with E-state index in [9.17, 15) is 9.18 Å². The summed E-state index contributed by atoms with van der Waals surface area (Å²) in [5.74, 6) is 0.982. The molecule has 0 radical (unpaired) electrons. The average molecular weight is 413 g/mol. The molecule has 0 bridgehead atoms. The van der Waals surface area contributed by atoms with Gasteiger partial charge in [-0.1, -0.05) is 11.8 Å². The first-order valence-electron chi connectivity index (χ1n) is 9.08. The zero-order valence-corrected chi connectivity index (χ0v) is 16.9. The number of rotatable bonds is 8. The molecule has 0 unspecified atom stereocenters. The number of benzene rings is 1. The molecular weight excluding hydrogens is 393 g/mol. The Balaban J connectivity index is 1.76. The van der Waals surface area contributed by atoms with Gasteiger partial charge in [-0.3, -0.25) is 4.79 Å². The van der Waals surface area contributed by atoms with E-state index in [1.165, 1.54) is 40.9 Å². The summed E-state index contributed by atoms with van der Waals surface area (Å²) in [6.07, 6.45) is 1.79. The second-order valence-corrected chi connectivity index (χ2v) is 7.10. The van der Waals surface area contributed by atoms with Gasteiger partial charge in [0.05, 0.1) is 30.1 Å². The molecule has 0 atom stereocenters. The van der Waals surface area contributed by atoms with Gasteiger partial charge in [-0.05, 0) is 44.2 Å². The smallest absolute Gasteiger partial charge is 0.237 e. The van der Waals surface area contributed by atoms with Crippen LogP contribution in [0.3, 0.4) is 0 Å². The molecule has 0 aliphatic rings. The Labute approximate surface area is 172 Å². The number of nitrogens with zero attached hydrogens (tertiary/aromatic N) is 5. The highest BCUT2D eigenvalue weighted by molar-refractivity contribution is 7.99. The summed E-state index contributed by atoms with van der Waals surface area (Å²) < 4.78 is 20.5. The van der Waals surface area contributed by atoms with Gasteiger partial charge in [0.15, 0.2) is 11.0 Å². The molecule has 2 aromatic heterocycles. The Morgan fingerprint density at radius 1 is 1.31 bits per heavy atom. The molecule has 0 spiro atoms. The van der Waals surface area contributed by atoms with Crippen molar-refractivity contribution in [3.05, 3.63) is 48.2 Å². The van der Waals surface area contributed by atoms with Crippen molar-refractivity contribution in [2.24, 2.45) is 0 Å². The fraction of sp³-hybridized carbons (Fsp3) is 0.300. The number of amides is 1. The molecule has 1 amide bonds. The van der Waals surface area contributed by atoms with E-state index in [0.717, 1.165) is 11.3 Å². The van der Waals surface area contributed by atoms with Crippen molar-refractivity contribution in [3.63, 3.8) is 0 Å². The topological polar surface area (TPSA) is 88.0 Å². The second-order valence-electron chi connectivity index (χ2n) is 6.16. The van der Waals surface area contributed by atoms with E-state index in [-0.39, 0.29) is 30.4 Å². The van der Waals surface area contributed by atoms with E-state index in [4.69, 9.17) is 9.68 Å². The third-order valence-electron chi connectivity index (χ3n) is 4.34. The number of hydrogen-bond donors (Lipinski definition) is 0. The SMILES string of the molecule is CCn1c(SCC(=O)N(CCC#N)c2ccc(F)cc2)nnc1-c1ccoc1C. The highest BCUT2D eigenvalue weighted by Crippen LogP contribution is 2.27. The summed E-state index contributed by atoms with van der Waals surface area (Å²) in [7, 11) is 0. The molecule has 0 aliphatic heterocycles. The lowest BCUT2D eigenvalue weighted by atomic mass is 10.2. The number of aromatic nitrogens is 3. The molecule has 0 N–H and O–H groups in total. The number of thioether (sulfide) groups is 1. The standard InChI is InChI=1S/C20H20FN5O2S/c1-3-25-19(17-9-12-28-14(17)2)23-24-20(25)29-13-18(27)26(11-4-10-22)16-7-5-15(21)6-8-16/h5-9,12H,3-4,11,13H2,1-2H3. The molecule has 0 aliphatic carbocycles. The minimum atomic E-state index is -0.381. The first-order valence-corrected chi connectivity index (χ1v) is 10.1. The Kier molecular flexibility index (Phi) is 6.67. The second kappa shape index (κ2) is 9.39. The van der Waals surface area contributed by atoms with Crippen molar-refractivity contribution < 1.29 is 13.6 Å². The van der Waals surface area contributed by atoms with Crippen LogP contribution in [0, 0.1) is 24.1 Å². The van der Waals surface area contributed by atoms with Crippen LogP contribution in [0.2, 0.25) is 0 Å². The number of halogens is 1. The molecule has 0 saturated carbocycles. The van der Waals surface area contributed by atoms with Gasteiger partial charge in [-0.2, -0.15) is 5.26 Å². The molecular formula is C20H20FN5O2S. The summed E-state index contributed by atoms with van der Waals surface area (Å²) >= 11 is 1.27. The van der Waals surface area contributed by atoms with E-state index >= 15 is 0 Å². The molecule has 0 saturated heterocycles. The van der Waals surface area contributed by atoms with Crippen molar-refractivity contribution in [2.75, 3.05) is 17.2 Å². The van der Waals surface area contributed by atoms with Gasteiger partial charge in [0.2, 0.25) is 5.91 Å². The zero-order valence-electron chi connectivity index (χ0n) is 16.1. The molecule has 1 aromatic carbocycles. The van der Waals surface area contributed by atoms with Gasteiger partial charge in [-0.15, -0.1) is 10.2 Å². The number of carbonyl (C=O) groups is 1. The monoisotopic (exact) mass is 413 g/mol. The van der Waals surface area contributed by atoms with E-state index in [0.29, 0.717) is 23.2 Å². The first-order chi connectivity index (χ1) is 14.0. The maximum absolute atomic E-state index is 13.2. The number of furan rings is 1. The van der Waals surface area contributed by atoms with Crippen LogP contribution in [0.1, 0.15) is 19.1 Å². The van der Waals surface area contributed by atoms with Crippen molar-refractivity contribution in [3.8, 4) is 17.5 Å². The molecule has 3 aromatic rings. The molecule has 3 rings (SSSR count). The molecule has 0 fully saturated rings. The van der Waals surface area contributed by atoms with Crippen LogP contribution in [0.5, 0.6) is 0 Å². The Morgan fingerprint density at radius 3 is 2.69 bits per heavy atom. The highest BCUT2D eigenvalue weighted by atomic mass is 32.2. The Morgan fingerprint density at radius 2 is 2.07 bits per heavy atom. The predicted octanol–water partition coefficient (Wildman–Crippen LogP) is 4.04. The Bertz CT molecular complexity index is 1020. The van der Waals surface area contributed by atoms with E-state index in [2.05, 4.69) is 10.2 Å². The lowest BCUT2D eigenvalue weighted by Gasteiger charge is -2.21. The lowest BCUT2D eigenvalue weighted by molar-refractivity contribution is -0.116. The molecule has 29 heavy (non-hydrogen) atoms. The minimum Gasteiger partial charge on any atom is -0.469 e. The number of anilines is 1. The van der Waals surface area contributed by atoms with Crippen LogP contribution in [0.15, 0.2) is 46.2 Å². The summed E-state index contributed by atoms with van der Waals surface area (Å²) in [5.41, 5.74) is 1.42. The normalized spacial score (nSPS) is 10.7. The first kappa shape index (κ1) is 20.6. The summed E-state index contributed by atoms with van der Waals surface area (Å²) in [4.78, 5) is 14.3. The van der Waals surface area contributed by atoms with E-state index in [1.54, 1.807) is 6.26 Å². The van der Waals surface area contributed by atoms with Gasteiger partial charge in [-0.25, -0.2) is 4.39 Å². The summed E-state index contributed by atoms with van der Waals surface area (Å²) in [6, 6.07) is 9.53. The average Bonchev–Trinajstić information content (AvgIpc) is 3.32. The van der Waals surface area contributed by atoms with Gasteiger partial charge < -0.3 is 13.9 Å². The van der Waals surface area contributed by atoms with Gasteiger partial charge in [0.25, 0.3) is 0 Å². The van der Waals surface area contributed by atoms with Crippen molar-refractivity contribution in [1.82, 2.24) is 14.8 Å². The number of carbonyl (C=O) groups excluding carboxylic acids is 1. The number of hydrogen-bond acceptors (Lipinski definition) is 6. The van der Waals surface area contributed by atoms with Crippen LogP contribution < -0.4 is 4.90 Å². The minimum absolute atomic E-state index is 0.116. The number of aryl methyl sites for hydroxylation is 1. The van der Waals surface area contributed by atoms with E-state index < -0.39 is 0 Å². The van der Waals surface area contributed by atoms with Crippen LogP contribution in [0.25, 0.3) is 11.4 Å². The summed E-state index contributed by atoms with van der Waals surface area (Å²) in [5, 5.41) is 18.0. The Hall–Kier alpha value is -3.12. The third kappa shape index (κ3) is 4.66. The number of nitriles is 1. The van der Waals surface area contributed by atoms with Gasteiger partial charge >= 0.3 is 0 Å². The van der Waals surface area contributed by atoms with Crippen LogP contribution in [-0.4, -0.2) is 33.0 Å². The van der Waals surface area contributed by atoms with Crippen molar-refractivity contribution in [1.29, 1.82) is 5.26 Å². The summed E-state index contributed by atoms with van der Waals surface area (Å²) in [6.45, 7) is 4.71. The largest absolute Gasteiger partial charge is 0.469 e.